The zero-order valence-corrected chi connectivity index (χ0v) is 13.6. The Morgan fingerprint density at radius 2 is 2.14 bits per heavy atom. The summed E-state index contributed by atoms with van der Waals surface area (Å²) >= 11 is 6.01. The third-order valence-electron chi connectivity index (χ3n) is 3.19. The highest BCUT2D eigenvalue weighted by atomic mass is 35.5. The molecule has 1 aromatic heterocycles. The smallest absolute Gasteiger partial charge is 0.242 e. The molecule has 2 aromatic rings. The molecule has 21 heavy (non-hydrogen) atoms. The van der Waals surface area contributed by atoms with Crippen molar-refractivity contribution in [2.75, 3.05) is 13.7 Å². The van der Waals surface area contributed by atoms with Crippen LogP contribution in [0.2, 0.25) is 5.15 Å². The summed E-state index contributed by atoms with van der Waals surface area (Å²) in [5, 5.41) is 1.04. The van der Waals surface area contributed by atoms with Crippen LogP contribution in [-0.2, 0) is 14.8 Å². The van der Waals surface area contributed by atoms with Gasteiger partial charge >= 0.3 is 0 Å². The first-order valence-corrected chi connectivity index (χ1v) is 8.29. The molecule has 1 N–H and O–H groups in total. The summed E-state index contributed by atoms with van der Waals surface area (Å²) in [7, 11) is -2.14. The number of halogens is 1. The van der Waals surface area contributed by atoms with E-state index in [4.69, 9.17) is 16.3 Å². The minimum atomic E-state index is -3.67. The third kappa shape index (κ3) is 3.52. The molecule has 1 heterocycles. The van der Waals surface area contributed by atoms with Crippen LogP contribution in [0.5, 0.6) is 0 Å². The van der Waals surface area contributed by atoms with E-state index >= 15 is 0 Å². The van der Waals surface area contributed by atoms with Crippen LogP contribution in [0, 0.1) is 6.92 Å². The molecule has 0 saturated heterocycles. The van der Waals surface area contributed by atoms with Crippen LogP contribution in [0.25, 0.3) is 10.9 Å². The maximum atomic E-state index is 12.4. The number of aromatic nitrogens is 1. The zero-order chi connectivity index (χ0) is 15.6. The first kappa shape index (κ1) is 16.2. The third-order valence-corrected chi connectivity index (χ3v) is 5.03. The molecule has 7 heteroatoms. The molecule has 2 rings (SSSR count). The monoisotopic (exact) mass is 328 g/mol. The molecule has 1 atom stereocenters. The fraction of sp³-hybridized carbons (Fsp3) is 0.357. The summed E-state index contributed by atoms with van der Waals surface area (Å²) in [5.41, 5.74) is 1.17. The standard InChI is InChI=1S/C14H17ClN2O3S/c1-9-7-11-5-4-6-12(13(11)17-14(9)15)21(18,19)16-8-10(2)20-3/h4-7,10,16H,8H2,1-3H3. The second-order valence-electron chi connectivity index (χ2n) is 4.82. The zero-order valence-electron chi connectivity index (χ0n) is 12.1. The highest BCUT2D eigenvalue weighted by molar-refractivity contribution is 7.89. The Kier molecular flexibility index (Phi) is 4.83. The van der Waals surface area contributed by atoms with Crippen molar-refractivity contribution in [1.82, 2.24) is 9.71 Å². The molecule has 0 aliphatic heterocycles. The first-order chi connectivity index (χ1) is 9.85. The number of benzene rings is 1. The van der Waals surface area contributed by atoms with Gasteiger partial charge in [-0.3, -0.25) is 0 Å². The fourth-order valence-corrected chi connectivity index (χ4v) is 3.28. The lowest BCUT2D eigenvalue weighted by Gasteiger charge is -2.13. The van der Waals surface area contributed by atoms with Gasteiger partial charge in [-0.2, -0.15) is 0 Å². The SMILES string of the molecule is COC(C)CNS(=O)(=O)c1cccc2cc(C)c(Cl)nc12. The van der Waals surface area contributed by atoms with Gasteiger partial charge in [0.15, 0.2) is 0 Å². The van der Waals surface area contributed by atoms with Gasteiger partial charge in [0.05, 0.1) is 11.6 Å². The van der Waals surface area contributed by atoms with E-state index in [-0.39, 0.29) is 17.5 Å². The van der Waals surface area contributed by atoms with Crippen molar-refractivity contribution in [2.45, 2.75) is 24.8 Å². The Morgan fingerprint density at radius 1 is 1.43 bits per heavy atom. The molecular formula is C14H17ClN2O3S. The van der Waals surface area contributed by atoms with Gasteiger partial charge in [0, 0.05) is 19.0 Å². The summed E-state index contributed by atoms with van der Waals surface area (Å²) in [6.07, 6.45) is -0.214. The molecule has 0 radical (unpaired) electrons. The van der Waals surface area contributed by atoms with Gasteiger partial charge in [-0.05, 0) is 31.5 Å². The van der Waals surface area contributed by atoms with Gasteiger partial charge in [-0.15, -0.1) is 0 Å². The van der Waals surface area contributed by atoms with E-state index in [2.05, 4.69) is 9.71 Å². The summed E-state index contributed by atoms with van der Waals surface area (Å²) in [4.78, 5) is 4.32. The minimum Gasteiger partial charge on any atom is -0.380 e. The van der Waals surface area contributed by atoms with E-state index in [9.17, 15) is 8.42 Å². The van der Waals surface area contributed by atoms with Crippen LogP contribution >= 0.6 is 11.6 Å². The number of para-hydroxylation sites is 1. The number of hydrogen-bond donors (Lipinski definition) is 1. The van der Waals surface area contributed by atoms with Crippen molar-refractivity contribution in [3.63, 3.8) is 0 Å². The Morgan fingerprint density at radius 3 is 2.81 bits per heavy atom. The summed E-state index contributed by atoms with van der Waals surface area (Å²) in [6, 6.07) is 6.83. The number of rotatable bonds is 5. The van der Waals surface area contributed by atoms with E-state index in [1.54, 1.807) is 13.0 Å². The number of nitrogens with zero attached hydrogens (tertiary/aromatic N) is 1. The number of nitrogens with one attached hydrogen (secondary N) is 1. The van der Waals surface area contributed by atoms with E-state index in [0.717, 1.165) is 10.9 Å². The molecule has 0 amide bonds. The molecule has 114 valence electrons. The predicted molar refractivity (Wildman–Crippen MR) is 83.1 cm³/mol. The molecule has 0 saturated carbocycles. The number of ether oxygens (including phenoxy) is 1. The molecule has 0 spiro atoms. The van der Waals surface area contributed by atoms with Crippen LogP contribution in [-0.4, -0.2) is 33.2 Å². The molecular weight excluding hydrogens is 312 g/mol. The molecule has 5 nitrogen and oxygen atoms in total. The molecule has 0 fully saturated rings. The highest BCUT2D eigenvalue weighted by Crippen LogP contribution is 2.25. The molecule has 0 aliphatic carbocycles. The molecule has 1 aromatic carbocycles. The summed E-state index contributed by atoms with van der Waals surface area (Å²) < 4.78 is 32.4. The topological polar surface area (TPSA) is 68.3 Å². The molecule has 1 unspecified atom stereocenters. The van der Waals surface area contributed by atoms with Crippen molar-refractivity contribution < 1.29 is 13.2 Å². The lowest BCUT2D eigenvalue weighted by atomic mass is 10.2. The van der Waals surface area contributed by atoms with E-state index < -0.39 is 10.0 Å². The Bertz CT molecular complexity index is 762. The van der Waals surface area contributed by atoms with Crippen molar-refractivity contribution in [3.05, 3.63) is 35.0 Å². The Balaban J connectivity index is 2.48. The minimum absolute atomic E-state index is 0.116. The van der Waals surface area contributed by atoms with Crippen LogP contribution in [0.15, 0.2) is 29.2 Å². The van der Waals surface area contributed by atoms with E-state index in [1.807, 2.05) is 19.1 Å². The van der Waals surface area contributed by atoms with E-state index in [0.29, 0.717) is 10.7 Å². The lowest BCUT2D eigenvalue weighted by Crippen LogP contribution is -2.31. The van der Waals surface area contributed by atoms with Gasteiger partial charge in [0.2, 0.25) is 10.0 Å². The van der Waals surface area contributed by atoms with E-state index in [1.165, 1.54) is 13.2 Å². The number of fused-ring (bicyclic) bond motifs is 1. The van der Waals surface area contributed by atoms with Crippen molar-refractivity contribution in [1.29, 1.82) is 0 Å². The highest BCUT2D eigenvalue weighted by Gasteiger charge is 2.19. The number of aryl methyl sites for hydroxylation is 1. The van der Waals surface area contributed by atoms with Gasteiger partial charge < -0.3 is 4.74 Å². The molecule has 0 bridgehead atoms. The normalized spacial score (nSPS) is 13.5. The maximum Gasteiger partial charge on any atom is 0.242 e. The average molecular weight is 329 g/mol. The fourth-order valence-electron chi connectivity index (χ4n) is 1.86. The predicted octanol–water partition coefficient (Wildman–Crippen LogP) is 2.51. The van der Waals surface area contributed by atoms with Gasteiger partial charge in [-0.25, -0.2) is 18.1 Å². The lowest BCUT2D eigenvalue weighted by molar-refractivity contribution is 0.122. The number of pyridine rings is 1. The largest absolute Gasteiger partial charge is 0.380 e. The maximum absolute atomic E-state index is 12.4. The van der Waals surface area contributed by atoms with Crippen molar-refractivity contribution in [3.8, 4) is 0 Å². The van der Waals surface area contributed by atoms with Crippen LogP contribution < -0.4 is 4.72 Å². The number of sulfonamides is 1. The van der Waals surface area contributed by atoms with Crippen molar-refractivity contribution in [2.24, 2.45) is 0 Å². The van der Waals surface area contributed by atoms with Gasteiger partial charge in [0.1, 0.15) is 10.0 Å². The van der Waals surface area contributed by atoms with Gasteiger partial charge in [0.25, 0.3) is 0 Å². The quantitative estimate of drug-likeness (QED) is 0.856. The Labute approximate surface area is 129 Å². The van der Waals surface area contributed by atoms with Gasteiger partial charge in [-0.1, -0.05) is 23.7 Å². The average Bonchev–Trinajstić information content (AvgIpc) is 2.45. The first-order valence-electron chi connectivity index (χ1n) is 6.43. The number of hydrogen-bond acceptors (Lipinski definition) is 4. The summed E-state index contributed by atoms with van der Waals surface area (Å²) in [6.45, 7) is 3.80. The van der Waals surface area contributed by atoms with Crippen molar-refractivity contribution >= 4 is 32.5 Å². The van der Waals surface area contributed by atoms with Crippen LogP contribution in [0.4, 0.5) is 0 Å². The van der Waals surface area contributed by atoms with Crippen LogP contribution in [0.1, 0.15) is 12.5 Å². The second-order valence-corrected chi connectivity index (χ2v) is 6.92. The summed E-state index contributed by atoms with van der Waals surface area (Å²) in [5.74, 6) is 0. The second kappa shape index (κ2) is 6.27. The molecule has 0 aliphatic rings. The Hall–Kier alpha value is -1.21. The van der Waals surface area contributed by atoms with Crippen LogP contribution in [0.3, 0.4) is 0 Å². The number of methoxy groups -OCH3 is 1.